The topological polar surface area (TPSA) is 97.8 Å². The molecule has 8 heteroatoms. The molecule has 3 heterocycles. The Morgan fingerprint density at radius 3 is 2.79 bits per heavy atom. The number of carboxylic acid groups (broad SMARTS) is 1. The van der Waals surface area contributed by atoms with Gasteiger partial charge in [-0.2, -0.15) is 0 Å². The number of methoxy groups -OCH3 is 1. The van der Waals surface area contributed by atoms with Crippen molar-refractivity contribution < 1.29 is 24.2 Å². The molecule has 4 atom stereocenters. The fourth-order valence-electron chi connectivity index (χ4n) is 3.60. The molecule has 0 radical (unpaired) electrons. The van der Waals surface area contributed by atoms with Crippen LogP contribution in [0.5, 0.6) is 5.75 Å². The first-order valence-electron chi connectivity index (χ1n) is 7.70. The number of thiazole rings is 1. The lowest BCUT2D eigenvalue weighted by atomic mass is 9.79. The molecular weight excluding hydrogens is 332 g/mol. The van der Waals surface area contributed by atoms with E-state index < -0.39 is 17.8 Å². The largest absolute Gasteiger partial charge is 0.497 e. The number of hydrogen-bond donors (Lipinski definition) is 2. The molecule has 126 valence electrons. The molecule has 0 unspecified atom stereocenters. The molecule has 2 aliphatic rings. The van der Waals surface area contributed by atoms with Crippen LogP contribution in [0.3, 0.4) is 0 Å². The first-order valence-corrected chi connectivity index (χ1v) is 8.52. The maximum atomic E-state index is 12.6. The molecule has 7 nitrogen and oxygen atoms in total. The van der Waals surface area contributed by atoms with E-state index in [-0.39, 0.29) is 18.1 Å². The number of aliphatic carboxylic acids is 1. The Morgan fingerprint density at radius 2 is 2.08 bits per heavy atom. The number of nitrogens with one attached hydrogen (secondary N) is 1. The second-order valence-corrected chi connectivity index (χ2v) is 7.05. The van der Waals surface area contributed by atoms with Gasteiger partial charge in [0.1, 0.15) is 5.75 Å². The van der Waals surface area contributed by atoms with Crippen molar-refractivity contribution in [2.75, 3.05) is 12.4 Å². The number of fused-ring (bicyclic) bond motifs is 3. The van der Waals surface area contributed by atoms with Crippen LogP contribution in [0.15, 0.2) is 18.2 Å². The van der Waals surface area contributed by atoms with Gasteiger partial charge in [0, 0.05) is 0 Å². The summed E-state index contributed by atoms with van der Waals surface area (Å²) >= 11 is 1.33. The van der Waals surface area contributed by atoms with E-state index in [1.807, 2.05) is 12.1 Å². The van der Waals surface area contributed by atoms with Gasteiger partial charge < -0.3 is 19.9 Å². The van der Waals surface area contributed by atoms with Gasteiger partial charge in [0.15, 0.2) is 5.13 Å². The van der Waals surface area contributed by atoms with Gasteiger partial charge in [-0.05, 0) is 31.0 Å². The molecule has 1 aromatic heterocycles. The van der Waals surface area contributed by atoms with E-state index in [4.69, 9.17) is 9.47 Å². The lowest BCUT2D eigenvalue weighted by molar-refractivity contribution is -0.147. The third-order valence-corrected chi connectivity index (χ3v) is 5.62. The van der Waals surface area contributed by atoms with Crippen molar-refractivity contribution in [1.82, 2.24) is 4.98 Å². The normalized spacial score (nSPS) is 28.2. The van der Waals surface area contributed by atoms with E-state index in [1.54, 1.807) is 13.2 Å². The minimum absolute atomic E-state index is 0.314. The van der Waals surface area contributed by atoms with E-state index in [0.717, 1.165) is 22.4 Å². The van der Waals surface area contributed by atoms with Crippen molar-refractivity contribution in [3.8, 4) is 5.75 Å². The highest BCUT2D eigenvalue weighted by atomic mass is 32.1. The van der Waals surface area contributed by atoms with Gasteiger partial charge in [0.25, 0.3) is 0 Å². The number of carbonyl (C=O) groups is 2. The number of benzene rings is 1. The number of carbonyl (C=O) groups excluding carboxylic acids is 1. The van der Waals surface area contributed by atoms with Crippen LogP contribution < -0.4 is 10.1 Å². The zero-order valence-corrected chi connectivity index (χ0v) is 13.7. The fraction of sp³-hybridized carbons (Fsp3) is 0.438. The molecule has 2 saturated heterocycles. The monoisotopic (exact) mass is 348 g/mol. The summed E-state index contributed by atoms with van der Waals surface area (Å²) in [7, 11) is 1.59. The van der Waals surface area contributed by atoms with Crippen LogP contribution >= 0.6 is 11.3 Å². The van der Waals surface area contributed by atoms with Crippen molar-refractivity contribution in [3.05, 3.63) is 18.2 Å². The van der Waals surface area contributed by atoms with Crippen LogP contribution in [0.25, 0.3) is 10.2 Å². The van der Waals surface area contributed by atoms with Gasteiger partial charge in [-0.15, -0.1) is 0 Å². The fourth-order valence-corrected chi connectivity index (χ4v) is 4.50. The van der Waals surface area contributed by atoms with E-state index in [2.05, 4.69) is 10.3 Å². The summed E-state index contributed by atoms with van der Waals surface area (Å²) in [6, 6.07) is 5.47. The summed E-state index contributed by atoms with van der Waals surface area (Å²) in [6.07, 6.45) is 0.754. The zero-order valence-electron chi connectivity index (χ0n) is 12.9. The number of anilines is 1. The van der Waals surface area contributed by atoms with E-state index in [1.165, 1.54) is 11.3 Å². The smallest absolute Gasteiger partial charge is 0.310 e. The molecule has 2 aromatic rings. The Kier molecular flexibility index (Phi) is 3.65. The maximum Gasteiger partial charge on any atom is 0.310 e. The number of rotatable bonds is 4. The average Bonchev–Trinajstić information content (AvgIpc) is 3.26. The van der Waals surface area contributed by atoms with Gasteiger partial charge in [-0.1, -0.05) is 11.3 Å². The second kappa shape index (κ2) is 5.71. The molecule has 0 aliphatic carbocycles. The minimum atomic E-state index is -0.976. The van der Waals surface area contributed by atoms with E-state index in [0.29, 0.717) is 11.6 Å². The first kappa shape index (κ1) is 15.3. The molecule has 1 amide bonds. The molecule has 2 N–H and O–H groups in total. The summed E-state index contributed by atoms with van der Waals surface area (Å²) in [6.45, 7) is 0. The lowest BCUT2D eigenvalue weighted by Crippen LogP contribution is -2.40. The van der Waals surface area contributed by atoms with E-state index in [9.17, 15) is 14.7 Å². The van der Waals surface area contributed by atoms with Crippen LogP contribution in [0.4, 0.5) is 5.13 Å². The molecule has 2 fully saturated rings. The SMILES string of the molecule is COc1ccc2nc(NC(=O)[C@H]3[C@@H](C(=O)O)[C@H]4CC[C@@H]3O4)sc2c1. The highest BCUT2D eigenvalue weighted by molar-refractivity contribution is 7.22. The van der Waals surface area contributed by atoms with Crippen molar-refractivity contribution in [2.45, 2.75) is 25.0 Å². The van der Waals surface area contributed by atoms with Crippen LogP contribution in [-0.4, -0.2) is 41.3 Å². The van der Waals surface area contributed by atoms with Gasteiger partial charge >= 0.3 is 5.97 Å². The minimum Gasteiger partial charge on any atom is -0.497 e. The molecule has 2 bridgehead atoms. The van der Waals surface area contributed by atoms with E-state index >= 15 is 0 Å². The summed E-state index contributed by atoms with van der Waals surface area (Å²) in [5, 5.41) is 12.6. The Labute approximate surface area is 141 Å². The molecule has 0 saturated carbocycles. The predicted molar refractivity (Wildman–Crippen MR) is 87.3 cm³/mol. The first-order chi connectivity index (χ1) is 11.6. The molecular formula is C16H16N2O5S. The third-order valence-electron chi connectivity index (χ3n) is 4.69. The zero-order chi connectivity index (χ0) is 16.8. The highest BCUT2D eigenvalue weighted by Gasteiger charge is 2.55. The quantitative estimate of drug-likeness (QED) is 0.878. The Hall–Kier alpha value is -2.19. The number of ether oxygens (including phenoxy) is 2. The molecule has 24 heavy (non-hydrogen) atoms. The molecule has 2 aliphatic heterocycles. The molecule has 1 aromatic carbocycles. The standard InChI is InChI=1S/C16H16N2O5S/c1-22-7-2-3-8-11(6-7)24-16(17-8)18-14(19)12-9-4-5-10(23-9)13(12)15(20)21/h2-3,6,9-10,12-13H,4-5H2,1H3,(H,20,21)(H,17,18,19)/t9-,10+,12+,13-/m0/s1. The van der Waals surface area contributed by atoms with Crippen molar-refractivity contribution in [2.24, 2.45) is 11.8 Å². The highest BCUT2D eigenvalue weighted by Crippen LogP contribution is 2.44. The molecule has 4 rings (SSSR count). The van der Waals surface area contributed by atoms with Gasteiger partial charge in [0.2, 0.25) is 5.91 Å². The Balaban J connectivity index is 1.56. The Bertz CT molecular complexity index is 820. The number of hydrogen-bond acceptors (Lipinski definition) is 6. The maximum absolute atomic E-state index is 12.6. The van der Waals surface area contributed by atoms with Gasteiger partial charge in [0.05, 0.1) is 41.4 Å². The van der Waals surface area contributed by atoms with Gasteiger partial charge in [-0.3, -0.25) is 9.59 Å². The number of aromatic nitrogens is 1. The molecule has 0 spiro atoms. The van der Waals surface area contributed by atoms with Crippen molar-refractivity contribution in [3.63, 3.8) is 0 Å². The van der Waals surface area contributed by atoms with Crippen LogP contribution in [0.1, 0.15) is 12.8 Å². The third kappa shape index (κ3) is 2.42. The number of carboxylic acids is 1. The van der Waals surface area contributed by atoms with Crippen LogP contribution in [0.2, 0.25) is 0 Å². The Morgan fingerprint density at radius 1 is 1.33 bits per heavy atom. The predicted octanol–water partition coefficient (Wildman–Crippen LogP) is 2.12. The van der Waals surface area contributed by atoms with Gasteiger partial charge in [-0.25, -0.2) is 4.98 Å². The second-order valence-electron chi connectivity index (χ2n) is 6.02. The summed E-state index contributed by atoms with van der Waals surface area (Å²) in [5.41, 5.74) is 0.759. The summed E-state index contributed by atoms with van der Waals surface area (Å²) < 4.78 is 11.7. The van der Waals surface area contributed by atoms with Crippen LogP contribution in [-0.2, 0) is 14.3 Å². The number of nitrogens with zero attached hydrogens (tertiary/aromatic N) is 1. The van der Waals surface area contributed by atoms with Crippen molar-refractivity contribution in [1.29, 1.82) is 0 Å². The summed E-state index contributed by atoms with van der Waals surface area (Å²) in [5.74, 6) is -2.03. The number of amides is 1. The average molecular weight is 348 g/mol. The van der Waals surface area contributed by atoms with Crippen molar-refractivity contribution >= 4 is 38.6 Å². The summed E-state index contributed by atoms with van der Waals surface area (Å²) in [4.78, 5) is 28.5. The lowest BCUT2D eigenvalue weighted by Gasteiger charge is -2.23. The van der Waals surface area contributed by atoms with Crippen LogP contribution in [0, 0.1) is 11.8 Å².